The largest absolute Gasteiger partial charge is 0.416 e. The van der Waals surface area contributed by atoms with Gasteiger partial charge in [0, 0.05) is 31.4 Å². The van der Waals surface area contributed by atoms with Crippen LogP contribution in [0.1, 0.15) is 51.6 Å². The second-order valence-corrected chi connectivity index (χ2v) is 8.65. The van der Waals surface area contributed by atoms with Gasteiger partial charge in [0.2, 0.25) is 0 Å². The van der Waals surface area contributed by atoms with E-state index in [4.69, 9.17) is 4.74 Å². The van der Waals surface area contributed by atoms with Crippen molar-refractivity contribution < 1.29 is 40.3 Å². The minimum absolute atomic E-state index is 0.00873. The number of rotatable bonds is 5. The van der Waals surface area contributed by atoms with Gasteiger partial charge in [0.25, 0.3) is 5.91 Å². The summed E-state index contributed by atoms with van der Waals surface area (Å²) in [5.74, 6) is -1.44. The maximum atomic E-state index is 13.5. The van der Waals surface area contributed by atoms with E-state index in [1.807, 2.05) is 0 Å². The Morgan fingerprint density at radius 3 is 2.05 bits per heavy atom. The van der Waals surface area contributed by atoms with Crippen molar-refractivity contribution in [3.05, 3.63) is 94.8 Å². The van der Waals surface area contributed by atoms with Gasteiger partial charge in [-0.15, -0.1) is 0 Å². The van der Waals surface area contributed by atoms with Crippen LogP contribution >= 0.6 is 0 Å². The average Bonchev–Trinajstić information content (AvgIpc) is 3.26. The van der Waals surface area contributed by atoms with Crippen LogP contribution in [0, 0.1) is 5.82 Å². The lowest BCUT2D eigenvalue weighted by molar-refractivity contribution is -0.143. The van der Waals surface area contributed by atoms with Crippen molar-refractivity contribution in [1.82, 2.24) is 14.9 Å². The molecule has 12 heteroatoms. The third-order valence-electron chi connectivity index (χ3n) is 6.12. The lowest BCUT2D eigenvalue weighted by Gasteiger charge is -2.25. The summed E-state index contributed by atoms with van der Waals surface area (Å²) < 4.78 is 99.5. The van der Waals surface area contributed by atoms with Crippen molar-refractivity contribution in [1.29, 1.82) is 0 Å². The first-order valence-electron chi connectivity index (χ1n) is 11.1. The number of hydrogen-bond donors (Lipinski definition) is 0. The fourth-order valence-corrected chi connectivity index (χ4v) is 4.25. The highest BCUT2D eigenvalue weighted by Crippen LogP contribution is 2.39. The zero-order chi connectivity index (χ0) is 27.0. The molecule has 0 N–H and O–H groups in total. The molecule has 1 aliphatic rings. The highest BCUT2D eigenvalue weighted by atomic mass is 19.4. The Kier molecular flexibility index (Phi) is 7.22. The van der Waals surface area contributed by atoms with E-state index in [-0.39, 0.29) is 30.3 Å². The molecule has 3 atom stereocenters. The summed E-state index contributed by atoms with van der Waals surface area (Å²) in [5, 5.41) is 0. The summed E-state index contributed by atoms with van der Waals surface area (Å²) in [6.07, 6.45) is -8.11. The van der Waals surface area contributed by atoms with Gasteiger partial charge >= 0.3 is 12.4 Å². The molecule has 1 amide bonds. The fraction of sp³-hybridized carbons (Fsp3) is 0.320. The highest BCUT2D eigenvalue weighted by Gasteiger charge is 2.40. The third-order valence-corrected chi connectivity index (χ3v) is 6.12. The van der Waals surface area contributed by atoms with Crippen molar-refractivity contribution in [3.8, 4) is 0 Å². The fourth-order valence-electron chi connectivity index (χ4n) is 4.25. The Morgan fingerprint density at radius 2 is 1.51 bits per heavy atom. The van der Waals surface area contributed by atoms with Crippen molar-refractivity contribution in [2.75, 3.05) is 13.1 Å². The predicted molar refractivity (Wildman–Crippen MR) is 117 cm³/mol. The number of carbonyl (C=O) groups excluding carboxylic acids is 1. The second-order valence-electron chi connectivity index (χ2n) is 8.65. The molecule has 5 nitrogen and oxygen atoms in total. The predicted octanol–water partition coefficient (Wildman–Crippen LogP) is 6.04. The average molecular weight is 527 g/mol. The van der Waals surface area contributed by atoms with Gasteiger partial charge in [-0.1, -0.05) is 12.1 Å². The van der Waals surface area contributed by atoms with Crippen LogP contribution in [-0.2, 0) is 17.1 Å². The van der Waals surface area contributed by atoms with Crippen LogP contribution in [0.15, 0.2) is 61.2 Å². The van der Waals surface area contributed by atoms with Crippen molar-refractivity contribution >= 4 is 5.91 Å². The molecule has 0 bridgehead atoms. The van der Waals surface area contributed by atoms with Crippen LogP contribution in [0.25, 0.3) is 0 Å². The number of halogens is 7. The molecule has 1 saturated heterocycles. The Hall–Kier alpha value is -3.54. The monoisotopic (exact) mass is 527 g/mol. The molecule has 0 radical (unpaired) electrons. The van der Waals surface area contributed by atoms with E-state index < -0.39 is 53.3 Å². The SMILES string of the molecule is CC(OC1CN(C(=O)c2cncnc2)CC1c1ccc(F)cc1)c1cc(C(F)(F)F)cc(C(F)(F)F)c1. The minimum Gasteiger partial charge on any atom is -0.368 e. The molecular formula is C25H20F7N3O2. The number of nitrogens with zero attached hydrogens (tertiary/aromatic N) is 3. The lowest BCUT2D eigenvalue weighted by atomic mass is 9.95. The minimum atomic E-state index is -5.00. The molecule has 4 rings (SSSR count). The number of alkyl halides is 6. The molecule has 1 aromatic heterocycles. The highest BCUT2D eigenvalue weighted by molar-refractivity contribution is 5.93. The molecule has 196 valence electrons. The number of carbonyl (C=O) groups is 1. The molecule has 1 aliphatic heterocycles. The molecule has 2 heterocycles. The van der Waals surface area contributed by atoms with Crippen molar-refractivity contribution in [3.63, 3.8) is 0 Å². The van der Waals surface area contributed by atoms with Gasteiger partial charge in [0.1, 0.15) is 12.1 Å². The maximum Gasteiger partial charge on any atom is 0.416 e. The first-order valence-corrected chi connectivity index (χ1v) is 11.1. The van der Waals surface area contributed by atoms with Gasteiger partial charge in [-0.2, -0.15) is 26.3 Å². The van der Waals surface area contributed by atoms with Crippen molar-refractivity contribution in [2.45, 2.75) is 37.4 Å². The van der Waals surface area contributed by atoms with Crippen LogP contribution in [0.4, 0.5) is 30.7 Å². The Morgan fingerprint density at radius 1 is 0.946 bits per heavy atom. The van der Waals surface area contributed by atoms with Gasteiger partial charge in [0.15, 0.2) is 0 Å². The van der Waals surface area contributed by atoms with E-state index in [9.17, 15) is 35.5 Å². The van der Waals surface area contributed by atoms with Crippen LogP contribution < -0.4 is 0 Å². The molecule has 0 saturated carbocycles. The van der Waals surface area contributed by atoms with E-state index in [0.717, 1.165) is 0 Å². The van der Waals surface area contributed by atoms with Crippen LogP contribution in [0.5, 0.6) is 0 Å². The molecule has 0 spiro atoms. The van der Waals surface area contributed by atoms with Crippen LogP contribution in [0.2, 0.25) is 0 Å². The molecule has 37 heavy (non-hydrogen) atoms. The summed E-state index contributed by atoms with van der Waals surface area (Å²) in [4.78, 5) is 22.0. The molecule has 0 aliphatic carbocycles. The first kappa shape index (κ1) is 26.5. The molecule has 3 unspecified atom stereocenters. The van der Waals surface area contributed by atoms with Gasteiger partial charge in [-0.25, -0.2) is 14.4 Å². The molecule has 2 aromatic carbocycles. The Bertz CT molecular complexity index is 1220. The van der Waals surface area contributed by atoms with E-state index in [1.54, 1.807) is 0 Å². The summed E-state index contributed by atoms with van der Waals surface area (Å²) in [6, 6.07) is 6.70. The maximum absolute atomic E-state index is 13.5. The van der Waals surface area contributed by atoms with E-state index >= 15 is 0 Å². The molecular weight excluding hydrogens is 507 g/mol. The molecule has 1 fully saturated rings. The molecule has 3 aromatic rings. The summed E-state index contributed by atoms with van der Waals surface area (Å²) in [6.45, 7) is 1.45. The van der Waals surface area contributed by atoms with E-state index in [0.29, 0.717) is 17.7 Å². The van der Waals surface area contributed by atoms with Gasteiger partial charge < -0.3 is 9.64 Å². The van der Waals surface area contributed by atoms with Gasteiger partial charge in [-0.3, -0.25) is 4.79 Å². The van der Waals surface area contributed by atoms with E-state index in [2.05, 4.69) is 9.97 Å². The first-order chi connectivity index (χ1) is 17.3. The zero-order valence-electron chi connectivity index (χ0n) is 19.2. The summed E-state index contributed by atoms with van der Waals surface area (Å²) in [7, 11) is 0. The van der Waals surface area contributed by atoms with Gasteiger partial charge in [0.05, 0.1) is 28.9 Å². The smallest absolute Gasteiger partial charge is 0.368 e. The number of aromatic nitrogens is 2. The van der Waals surface area contributed by atoms with Crippen LogP contribution in [-0.4, -0.2) is 40.0 Å². The number of hydrogen-bond acceptors (Lipinski definition) is 4. The van der Waals surface area contributed by atoms with E-state index in [1.165, 1.54) is 54.8 Å². The number of amides is 1. The normalized spacial score (nSPS) is 19.2. The Labute approximate surface area is 206 Å². The van der Waals surface area contributed by atoms with Gasteiger partial charge in [-0.05, 0) is 48.4 Å². The number of benzene rings is 2. The number of likely N-dealkylation sites (tertiary alicyclic amines) is 1. The third kappa shape index (κ3) is 6.07. The zero-order valence-corrected chi connectivity index (χ0v) is 19.2. The topological polar surface area (TPSA) is 55.3 Å². The van der Waals surface area contributed by atoms with Crippen molar-refractivity contribution in [2.24, 2.45) is 0 Å². The number of ether oxygens (including phenoxy) is 1. The lowest BCUT2D eigenvalue weighted by Crippen LogP contribution is -2.30. The quantitative estimate of drug-likeness (QED) is 0.380. The standard InChI is InChI=1S/C25H20F7N3O2/c1-14(16-6-18(24(27,28)29)8-19(7-16)25(30,31)32)37-22-12-35(23(36)17-9-33-13-34-10-17)11-21(22)15-2-4-20(26)5-3-15/h2-10,13-14,21-22H,11-12H2,1H3. The summed E-state index contributed by atoms with van der Waals surface area (Å²) in [5.41, 5.74) is -2.42. The summed E-state index contributed by atoms with van der Waals surface area (Å²) >= 11 is 0. The Balaban J connectivity index is 1.65. The second kappa shape index (κ2) is 10.1. The van der Waals surface area contributed by atoms with Crippen LogP contribution in [0.3, 0.4) is 0 Å².